The van der Waals surface area contributed by atoms with E-state index in [9.17, 15) is 0 Å². The Morgan fingerprint density at radius 3 is 2.50 bits per heavy atom. The Balaban J connectivity index is 1.94. The number of benzene rings is 1. The zero-order valence-corrected chi connectivity index (χ0v) is 13.2. The number of para-hydroxylation sites is 1. The molecular weight excluding hydrogens is 274 g/mol. The van der Waals surface area contributed by atoms with Crippen molar-refractivity contribution >= 4 is 5.82 Å². The van der Waals surface area contributed by atoms with Crippen LogP contribution in [0.1, 0.15) is 32.2 Å². The van der Waals surface area contributed by atoms with E-state index in [2.05, 4.69) is 44.3 Å². The van der Waals surface area contributed by atoms with Crippen LogP contribution in [0.5, 0.6) is 0 Å². The highest BCUT2D eigenvalue weighted by molar-refractivity contribution is 5.47. The lowest BCUT2D eigenvalue weighted by Gasteiger charge is -2.14. The molecule has 4 nitrogen and oxygen atoms in total. The van der Waals surface area contributed by atoms with Crippen LogP contribution in [-0.2, 0) is 12.0 Å². The molecule has 3 rings (SSSR count). The molecule has 0 atom stereocenters. The van der Waals surface area contributed by atoms with Crippen LogP contribution in [0.15, 0.2) is 59.2 Å². The smallest absolute Gasteiger partial charge is 0.130 e. The standard InChI is InChI=1S/C18H21N3O/c1-18(2,3)16-12-17(19-13-15-10-7-11-22-15)21(20-16)14-8-5-4-6-9-14/h4-12,19H,13H2,1-3H3. The van der Waals surface area contributed by atoms with Gasteiger partial charge in [-0.2, -0.15) is 5.10 Å². The van der Waals surface area contributed by atoms with E-state index in [1.54, 1.807) is 6.26 Å². The topological polar surface area (TPSA) is 43.0 Å². The fraction of sp³-hybridized carbons (Fsp3) is 0.278. The van der Waals surface area contributed by atoms with Crippen LogP contribution in [0.4, 0.5) is 5.82 Å². The van der Waals surface area contributed by atoms with Gasteiger partial charge in [-0.15, -0.1) is 0 Å². The molecule has 2 aromatic heterocycles. The molecule has 0 bridgehead atoms. The minimum absolute atomic E-state index is 0.00113. The van der Waals surface area contributed by atoms with Crippen molar-refractivity contribution in [2.45, 2.75) is 32.7 Å². The molecule has 1 N–H and O–H groups in total. The Hall–Kier alpha value is -2.49. The fourth-order valence-electron chi connectivity index (χ4n) is 2.23. The maximum absolute atomic E-state index is 5.38. The molecule has 0 radical (unpaired) electrons. The maximum Gasteiger partial charge on any atom is 0.130 e. The molecule has 0 aliphatic rings. The normalized spacial score (nSPS) is 11.6. The number of anilines is 1. The SMILES string of the molecule is CC(C)(C)c1cc(NCc2ccco2)n(-c2ccccc2)n1. The van der Waals surface area contributed by atoms with Gasteiger partial charge >= 0.3 is 0 Å². The Labute approximate surface area is 130 Å². The van der Waals surface area contributed by atoms with Gasteiger partial charge in [0.25, 0.3) is 0 Å². The molecule has 2 heterocycles. The van der Waals surface area contributed by atoms with Crippen molar-refractivity contribution in [1.82, 2.24) is 9.78 Å². The minimum atomic E-state index is 0.00113. The second-order valence-corrected chi connectivity index (χ2v) is 6.35. The van der Waals surface area contributed by atoms with Crippen molar-refractivity contribution in [2.24, 2.45) is 0 Å². The lowest BCUT2D eigenvalue weighted by molar-refractivity contribution is 0.517. The van der Waals surface area contributed by atoms with Crippen molar-refractivity contribution in [1.29, 1.82) is 0 Å². The summed E-state index contributed by atoms with van der Waals surface area (Å²) in [6.45, 7) is 7.14. The number of hydrogen-bond acceptors (Lipinski definition) is 3. The molecule has 3 aromatic rings. The number of nitrogens with one attached hydrogen (secondary N) is 1. The second kappa shape index (κ2) is 5.72. The summed E-state index contributed by atoms with van der Waals surface area (Å²) >= 11 is 0. The van der Waals surface area contributed by atoms with Crippen LogP contribution in [0.2, 0.25) is 0 Å². The summed E-state index contributed by atoms with van der Waals surface area (Å²) in [7, 11) is 0. The summed E-state index contributed by atoms with van der Waals surface area (Å²) in [6, 6.07) is 16.1. The molecule has 114 valence electrons. The van der Waals surface area contributed by atoms with Gasteiger partial charge in [-0.05, 0) is 24.3 Å². The van der Waals surface area contributed by atoms with Gasteiger partial charge in [0.15, 0.2) is 0 Å². The molecule has 0 saturated carbocycles. The molecule has 1 aromatic carbocycles. The monoisotopic (exact) mass is 295 g/mol. The summed E-state index contributed by atoms with van der Waals surface area (Å²) in [5, 5.41) is 8.19. The third-order valence-electron chi connectivity index (χ3n) is 3.50. The predicted molar refractivity (Wildman–Crippen MR) is 88.3 cm³/mol. The van der Waals surface area contributed by atoms with Crippen molar-refractivity contribution in [3.05, 3.63) is 66.2 Å². The zero-order valence-electron chi connectivity index (χ0n) is 13.2. The van der Waals surface area contributed by atoms with E-state index >= 15 is 0 Å². The van der Waals surface area contributed by atoms with Crippen LogP contribution in [0.25, 0.3) is 5.69 Å². The van der Waals surface area contributed by atoms with Gasteiger partial charge in [-0.3, -0.25) is 0 Å². The van der Waals surface area contributed by atoms with Gasteiger partial charge in [0, 0.05) is 11.5 Å². The summed E-state index contributed by atoms with van der Waals surface area (Å²) in [6.07, 6.45) is 1.69. The van der Waals surface area contributed by atoms with Crippen molar-refractivity contribution in [2.75, 3.05) is 5.32 Å². The summed E-state index contributed by atoms with van der Waals surface area (Å²) in [5.41, 5.74) is 2.10. The molecule has 0 unspecified atom stereocenters. The third kappa shape index (κ3) is 3.06. The van der Waals surface area contributed by atoms with Crippen LogP contribution in [0.3, 0.4) is 0 Å². The van der Waals surface area contributed by atoms with Gasteiger partial charge in [0.2, 0.25) is 0 Å². The van der Waals surface area contributed by atoms with Crippen LogP contribution < -0.4 is 5.32 Å². The Morgan fingerprint density at radius 1 is 1.09 bits per heavy atom. The predicted octanol–water partition coefficient (Wildman–Crippen LogP) is 4.37. The van der Waals surface area contributed by atoms with Crippen molar-refractivity contribution < 1.29 is 4.42 Å². The number of aromatic nitrogens is 2. The first-order valence-electron chi connectivity index (χ1n) is 7.46. The summed E-state index contributed by atoms with van der Waals surface area (Å²) in [4.78, 5) is 0. The van der Waals surface area contributed by atoms with Crippen LogP contribution >= 0.6 is 0 Å². The third-order valence-corrected chi connectivity index (χ3v) is 3.50. The highest BCUT2D eigenvalue weighted by Gasteiger charge is 2.20. The van der Waals surface area contributed by atoms with Crippen LogP contribution in [0, 0.1) is 0 Å². The molecule has 0 amide bonds. The maximum atomic E-state index is 5.38. The molecular formula is C18H21N3O. The minimum Gasteiger partial charge on any atom is -0.467 e. The van der Waals surface area contributed by atoms with Gasteiger partial charge in [-0.25, -0.2) is 4.68 Å². The van der Waals surface area contributed by atoms with Gasteiger partial charge in [0.05, 0.1) is 24.2 Å². The number of rotatable bonds is 4. The van der Waals surface area contributed by atoms with E-state index < -0.39 is 0 Å². The lowest BCUT2D eigenvalue weighted by Crippen LogP contribution is -2.12. The quantitative estimate of drug-likeness (QED) is 0.777. The van der Waals surface area contributed by atoms with E-state index in [0.29, 0.717) is 6.54 Å². The molecule has 0 aliphatic heterocycles. The zero-order chi connectivity index (χ0) is 15.6. The van der Waals surface area contributed by atoms with E-state index in [1.807, 2.05) is 35.0 Å². The average Bonchev–Trinajstić information content (AvgIpc) is 3.15. The first-order valence-corrected chi connectivity index (χ1v) is 7.46. The lowest BCUT2D eigenvalue weighted by atomic mass is 9.92. The van der Waals surface area contributed by atoms with Crippen LogP contribution in [-0.4, -0.2) is 9.78 Å². The van der Waals surface area contributed by atoms with E-state index in [0.717, 1.165) is 23.0 Å². The molecule has 0 saturated heterocycles. The molecule has 0 spiro atoms. The van der Waals surface area contributed by atoms with Gasteiger partial charge in [-0.1, -0.05) is 39.0 Å². The summed E-state index contributed by atoms with van der Waals surface area (Å²) in [5.74, 6) is 1.87. The second-order valence-electron chi connectivity index (χ2n) is 6.35. The molecule has 4 heteroatoms. The van der Waals surface area contributed by atoms with Crippen molar-refractivity contribution in [3.63, 3.8) is 0 Å². The van der Waals surface area contributed by atoms with Crippen molar-refractivity contribution in [3.8, 4) is 5.69 Å². The fourth-order valence-corrected chi connectivity index (χ4v) is 2.23. The molecule has 0 aliphatic carbocycles. The van der Waals surface area contributed by atoms with Gasteiger partial charge < -0.3 is 9.73 Å². The van der Waals surface area contributed by atoms with E-state index in [-0.39, 0.29) is 5.41 Å². The first kappa shape index (κ1) is 14.4. The molecule has 0 fully saturated rings. The largest absolute Gasteiger partial charge is 0.467 e. The average molecular weight is 295 g/mol. The number of furan rings is 1. The summed E-state index contributed by atoms with van der Waals surface area (Å²) < 4.78 is 7.33. The number of nitrogens with zero attached hydrogens (tertiary/aromatic N) is 2. The molecule has 22 heavy (non-hydrogen) atoms. The van der Waals surface area contributed by atoms with Gasteiger partial charge in [0.1, 0.15) is 11.6 Å². The highest BCUT2D eigenvalue weighted by atomic mass is 16.3. The Kier molecular flexibility index (Phi) is 3.75. The Bertz CT molecular complexity index is 722. The first-order chi connectivity index (χ1) is 10.5. The van der Waals surface area contributed by atoms with E-state index in [1.165, 1.54) is 0 Å². The highest BCUT2D eigenvalue weighted by Crippen LogP contribution is 2.26. The van der Waals surface area contributed by atoms with E-state index in [4.69, 9.17) is 9.52 Å². The number of hydrogen-bond donors (Lipinski definition) is 1. The Morgan fingerprint density at radius 2 is 1.86 bits per heavy atom.